The highest BCUT2D eigenvalue weighted by Crippen LogP contribution is 2.34. The summed E-state index contributed by atoms with van der Waals surface area (Å²) in [4.78, 5) is 25.8. The number of anilines is 1. The number of carbonyl (C=O) groups excluding carboxylic acids is 2. The van der Waals surface area contributed by atoms with Crippen molar-refractivity contribution in [2.45, 2.75) is 11.8 Å². The van der Waals surface area contributed by atoms with Gasteiger partial charge < -0.3 is 9.15 Å². The average molecular weight is 518 g/mol. The number of aryl methyl sites for hydroxylation is 1. The third kappa shape index (κ3) is 4.16. The second-order valence-corrected chi connectivity index (χ2v) is 9.84. The maximum absolute atomic E-state index is 13.7. The summed E-state index contributed by atoms with van der Waals surface area (Å²) in [5.41, 5.74) is 0.431. The Labute approximate surface area is 205 Å². The molecule has 4 rings (SSSR count). The van der Waals surface area contributed by atoms with E-state index in [1.165, 1.54) is 61.7 Å². The largest absolute Gasteiger partial charge is 0.465 e. The van der Waals surface area contributed by atoms with Crippen molar-refractivity contribution >= 4 is 61.8 Å². The fourth-order valence-corrected chi connectivity index (χ4v) is 5.25. The first-order valence-corrected chi connectivity index (χ1v) is 12.1. The van der Waals surface area contributed by atoms with Crippen LogP contribution in [-0.2, 0) is 14.8 Å². The van der Waals surface area contributed by atoms with E-state index < -0.39 is 21.9 Å². The van der Waals surface area contributed by atoms with Gasteiger partial charge in [0.15, 0.2) is 0 Å². The molecule has 0 aliphatic heterocycles. The standard InChI is InChI=1S/C24H17Cl2NO6S/c1-14-22(24(29)32-2)19-13-16(9-12-21(19)33-14)27(23(28)18-5-3-4-6-20(18)26)34(30,31)17-10-7-15(25)8-11-17/h3-13H,1-2H3. The molecule has 0 aliphatic rings. The van der Waals surface area contributed by atoms with Gasteiger partial charge in [0.2, 0.25) is 0 Å². The number of amides is 1. The van der Waals surface area contributed by atoms with Crippen LogP contribution in [0.4, 0.5) is 5.69 Å². The number of rotatable bonds is 5. The molecule has 0 N–H and O–H groups in total. The van der Waals surface area contributed by atoms with Crippen LogP contribution in [0.2, 0.25) is 10.0 Å². The molecule has 0 radical (unpaired) electrons. The van der Waals surface area contributed by atoms with Crippen LogP contribution in [0.3, 0.4) is 0 Å². The second-order valence-electron chi connectivity index (χ2n) is 7.21. The van der Waals surface area contributed by atoms with Gasteiger partial charge in [-0.2, -0.15) is 4.31 Å². The molecule has 10 heteroatoms. The maximum Gasteiger partial charge on any atom is 0.342 e. The third-order valence-corrected chi connectivity index (χ3v) is 7.42. The van der Waals surface area contributed by atoms with E-state index >= 15 is 0 Å². The van der Waals surface area contributed by atoms with E-state index in [0.717, 1.165) is 0 Å². The summed E-state index contributed by atoms with van der Waals surface area (Å²) in [5, 5.41) is 0.713. The van der Waals surface area contributed by atoms with Crippen LogP contribution in [0.25, 0.3) is 11.0 Å². The van der Waals surface area contributed by atoms with Gasteiger partial charge in [0.25, 0.3) is 15.9 Å². The number of hydrogen-bond acceptors (Lipinski definition) is 6. The third-order valence-electron chi connectivity index (χ3n) is 5.11. The highest BCUT2D eigenvalue weighted by atomic mass is 35.5. The molecule has 1 aromatic heterocycles. The minimum Gasteiger partial charge on any atom is -0.465 e. The number of hydrogen-bond donors (Lipinski definition) is 0. The topological polar surface area (TPSA) is 93.9 Å². The van der Waals surface area contributed by atoms with E-state index in [2.05, 4.69) is 0 Å². The Hall–Kier alpha value is -3.33. The lowest BCUT2D eigenvalue weighted by Crippen LogP contribution is -2.37. The minimum atomic E-state index is -4.42. The predicted molar refractivity (Wildman–Crippen MR) is 129 cm³/mol. The van der Waals surface area contributed by atoms with Crippen molar-refractivity contribution in [1.29, 1.82) is 0 Å². The molecule has 1 heterocycles. The molecule has 1 amide bonds. The van der Waals surface area contributed by atoms with Gasteiger partial charge in [-0.1, -0.05) is 35.3 Å². The average Bonchev–Trinajstić information content (AvgIpc) is 3.14. The molecule has 0 spiro atoms. The Morgan fingerprint density at radius 1 is 0.971 bits per heavy atom. The van der Waals surface area contributed by atoms with Crippen LogP contribution in [0.5, 0.6) is 0 Å². The summed E-state index contributed by atoms with van der Waals surface area (Å²) in [6.45, 7) is 1.59. The Morgan fingerprint density at radius 2 is 1.65 bits per heavy atom. The number of nitrogens with zero attached hydrogens (tertiary/aromatic N) is 1. The number of esters is 1. The second kappa shape index (κ2) is 9.13. The van der Waals surface area contributed by atoms with Crippen LogP contribution in [0.1, 0.15) is 26.5 Å². The lowest BCUT2D eigenvalue weighted by molar-refractivity contribution is 0.0600. The molecular formula is C24H17Cl2NO6S. The zero-order chi connectivity index (χ0) is 24.6. The van der Waals surface area contributed by atoms with Gasteiger partial charge in [0, 0.05) is 10.4 Å². The molecule has 0 aliphatic carbocycles. The molecule has 0 saturated carbocycles. The summed E-state index contributed by atoms with van der Waals surface area (Å²) in [6, 6.07) is 15.8. The summed E-state index contributed by atoms with van der Waals surface area (Å²) < 4.78 is 38.5. The molecule has 0 unspecified atom stereocenters. The van der Waals surface area contributed by atoms with E-state index in [9.17, 15) is 18.0 Å². The minimum absolute atomic E-state index is 0.0154. The number of halogens is 2. The van der Waals surface area contributed by atoms with Crippen LogP contribution in [0.15, 0.2) is 76.0 Å². The summed E-state index contributed by atoms with van der Waals surface area (Å²) in [5.74, 6) is -1.23. The van der Waals surface area contributed by atoms with Crippen molar-refractivity contribution in [3.63, 3.8) is 0 Å². The zero-order valence-electron chi connectivity index (χ0n) is 17.9. The first-order valence-electron chi connectivity index (χ1n) is 9.86. The fourth-order valence-electron chi connectivity index (χ4n) is 3.51. The predicted octanol–water partition coefficient (Wildman–Crippen LogP) is 5.87. The van der Waals surface area contributed by atoms with Gasteiger partial charge in [0.1, 0.15) is 16.9 Å². The summed E-state index contributed by atoms with van der Waals surface area (Å²) >= 11 is 12.1. The van der Waals surface area contributed by atoms with Crippen molar-refractivity contribution < 1.29 is 27.2 Å². The molecule has 0 bridgehead atoms. The van der Waals surface area contributed by atoms with Crippen molar-refractivity contribution in [2.75, 3.05) is 11.4 Å². The van der Waals surface area contributed by atoms with Gasteiger partial charge in [-0.25, -0.2) is 13.2 Å². The maximum atomic E-state index is 13.7. The van der Waals surface area contributed by atoms with Crippen molar-refractivity contribution in [3.05, 3.63) is 93.7 Å². The number of furan rings is 1. The van der Waals surface area contributed by atoms with E-state index in [-0.39, 0.29) is 26.7 Å². The van der Waals surface area contributed by atoms with Gasteiger partial charge in [-0.05, 0) is 61.5 Å². The van der Waals surface area contributed by atoms with Gasteiger partial charge in [-0.3, -0.25) is 4.79 Å². The normalized spacial score (nSPS) is 11.4. The van der Waals surface area contributed by atoms with Crippen LogP contribution < -0.4 is 4.31 Å². The smallest absolute Gasteiger partial charge is 0.342 e. The first kappa shape index (κ1) is 23.8. The molecule has 4 aromatic rings. The fraction of sp³-hybridized carbons (Fsp3) is 0.0833. The Balaban J connectivity index is 1.97. The number of fused-ring (bicyclic) bond motifs is 1. The Bertz CT molecular complexity index is 1530. The van der Waals surface area contributed by atoms with Crippen LogP contribution in [-0.4, -0.2) is 27.4 Å². The lowest BCUT2D eigenvalue weighted by atomic mass is 10.1. The Morgan fingerprint density at radius 3 is 2.29 bits per heavy atom. The van der Waals surface area contributed by atoms with Crippen molar-refractivity contribution in [2.24, 2.45) is 0 Å². The van der Waals surface area contributed by atoms with E-state index in [1.54, 1.807) is 19.1 Å². The van der Waals surface area contributed by atoms with Crippen LogP contribution in [0, 0.1) is 6.92 Å². The first-order chi connectivity index (χ1) is 16.1. The molecule has 0 saturated heterocycles. The molecule has 174 valence electrons. The van der Waals surface area contributed by atoms with Gasteiger partial charge in [-0.15, -0.1) is 0 Å². The number of ether oxygens (including phenoxy) is 1. The molecule has 7 nitrogen and oxygen atoms in total. The summed E-state index contributed by atoms with van der Waals surface area (Å²) in [6.07, 6.45) is 0. The van der Waals surface area contributed by atoms with Gasteiger partial charge in [0.05, 0.1) is 28.3 Å². The number of methoxy groups -OCH3 is 1. The SMILES string of the molecule is COC(=O)c1c(C)oc2ccc(N(C(=O)c3ccccc3Cl)S(=O)(=O)c3ccc(Cl)cc3)cc12. The molecular weight excluding hydrogens is 501 g/mol. The number of benzene rings is 3. The van der Waals surface area contributed by atoms with E-state index in [0.29, 0.717) is 26.1 Å². The zero-order valence-corrected chi connectivity index (χ0v) is 20.2. The number of carbonyl (C=O) groups is 2. The lowest BCUT2D eigenvalue weighted by Gasteiger charge is -2.23. The molecule has 0 fully saturated rings. The summed E-state index contributed by atoms with van der Waals surface area (Å²) in [7, 11) is -3.19. The molecule has 3 aromatic carbocycles. The van der Waals surface area contributed by atoms with Crippen molar-refractivity contribution in [1.82, 2.24) is 0 Å². The van der Waals surface area contributed by atoms with Gasteiger partial charge >= 0.3 is 5.97 Å². The van der Waals surface area contributed by atoms with E-state index in [1.807, 2.05) is 0 Å². The monoisotopic (exact) mass is 517 g/mol. The van der Waals surface area contributed by atoms with Crippen molar-refractivity contribution in [3.8, 4) is 0 Å². The highest BCUT2D eigenvalue weighted by Gasteiger charge is 2.33. The molecule has 34 heavy (non-hydrogen) atoms. The Kier molecular flexibility index (Phi) is 6.40. The quantitative estimate of drug-likeness (QED) is 0.307. The molecule has 0 atom stereocenters. The number of sulfonamides is 1. The van der Waals surface area contributed by atoms with Crippen LogP contribution >= 0.6 is 23.2 Å². The van der Waals surface area contributed by atoms with E-state index in [4.69, 9.17) is 32.4 Å². The highest BCUT2D eigenvalue weighted by molar-refractivity contribution is 7.93.